The Kier molecular flexibility index (Phi) is 8.66. The third kappa shape index (κ3) is 5.65. The Bertz CT molecular complexity index is 815. The van der Waals surface area contributed by atoms with Crippen LogP contribution in [0.2, 0.25) is 0 Å². The fraction of sp³-hybridized carbons (Fsp3) is 0.931. The number of hydrogen-bond donors (Lipinski definition) is 2. The highest BCUT2D eigenvalue weighted by Crippen LogP contribution is 2.67. The molecule has 0 radical (unpaired) electrons. The molecule has 0 aromatic carbocycles. The van der Waals surface area contributed by atoms with Gasteiger partial charge in [0.15, 0.2) is 0 Å². The first-order valence-corrected chi connectivity index (χ1v) is 16.0. The summed E-state index contributed by atoms with van der Waals surface area (Å²) in [4.78, 5) is 10.1. The van der Waals surface area contributed by atoms with Crippen LogP contribution in [-0.2, 0) is 13.6 Å². The van der Waals surface area contributed by atoms with Crippen LogP contribution >= 0.6 is 7.82 Å². The molecular formula is C29H52NO4P. The van der Waals surface area contributed by atoms with Crippen LogP contribution in [0.4, 0.5) is 0 Å². The van der Waals surface area contributed by atoms with Crippen LogP contribution in [0, 0.1) is 46.3 Å². The summed E-state index contributed by atoms with van der Waals surface area (Å²) in [6.07, 6.45) is 15.8. The van der Waals surface area contributed by atoms with E-state index in [1.165, 1.54) is 56.9 Å². The summed E-state index contributed by atoms with van der Waals surface area (Å²) in [7, 11) is -4.04. The van der Waals surface area contributed by atoms with E-state index in [2.05, 4.69) is 40.7 Å². The maximum Gasteiger partial charge on any atom is 0.472 e. The van der Waals surface area contributed by atoms with E-state index in [1.807, 2.05) is 0 Å². The Labute approximate surface area is 214 Å². The molecule has 3 saturated carbocycles. The minimum Gasteiger partial charge on any atom is -0.328 e. The topological polar surface area (TPSA) is 81.8 Å². The molecule has 3 fully saturated rings. The van der Waals surface area contributed by atoms with E-state index < -0.39 is 7.82 Å². The van der Waals surface area contributed by atoms with Gasteiger partial charge in [-0.05, 0) is 97.7 Å². The normalized spacial score (nSPS) is 41.5. The second-order valence-electron chi connectivity index (χ2n) is 13.4. The third-order valence-electron chi connectivity index (χ3n) is 10.9. The van der Waals surface area contributed by atoms with Gasteiger partial charge in [-0.25, -0.2) is 4.57 Å². The van der Waals surface area contributed by atoms with Gasteiger partial charge in [0.25, 0.3) is 0 Å². The Morgan fingerprint density at radius 1 is 1.11 bits per heavy atom. The standard InChI is InChI=1S/C29H52NO4P/c1-20(2)7-6-8-21(3)25-11-12-26-24-10-9-22-19-23(34-35(31,32)33-18-17-30)13-15-28(22,4)27(24)14-16-29(25,26)5/h9,20-21,23-27H,6-8,10-19,30H2,1-5H3,(H,31,32)/t21-,23+,24-,25-,26+,27+,28+,29-/m0/s1. The van der Waals surface area contributed by atoms with Crippen molar-refractivity contribution in [2.75, 3.05) is 13.2 Å². The van der Waals surface area contributed by atoms with Crippen LogP contribution in [0.15, 0.2) is 11.6 Å². The van der Waals surface area contributed by atoms with E-state index in [0.29, 0.717) is 5.41 Å². The smallest absolute Gasteiger partial charge is 0.328 e. The molecular weight excluding hydrogens is 457 g/mol. The summed E-state index contributed by atoms with van der Waals surface area (Å²) in [6.45, 7) is 12.6. The van der Waals surface area contributed by atoms with Crippen molar-refractivity contribution in [3.8, 4) is 0 Å². The minimum absolute atomic E-state index is 0.0438. The van der Waals surface area contributed by atoms with Gasteiger partial charge in [-0.2, -0.15) is 0 Å². The maximum absolute atomic E-state index is 12.3. The lowest BCUT2D eigenvalue weighted by atomic mass is 9.47. The lowest BCUT2D eigenvalue weighted by molar-refractivity contribution is -0.0573. The molecule has 6 heteroatoms. The molecule has 0 saturated heterocycles. The number of phosphoric acid groups is 1. The molecule has 3 N–H and O–H groups in total. The summed E-state index contributed by atoms with van der Waals surface area (Å²) < 4.78 is 22.9. The van der Waals surface area contributed by atoms with Gasteiger partial charge in [-0.3, -0.25) is 9.05 Å². The van der Waals surface area contributed by atoms with Gasteiger partial charge in [0.1, 0.15) is 0 Å². The van der Waals surface area contributed by atoms with Gasteiger partial charge >= 0.3 is 7.82 Å². The first kappa shape index (κ1) is 27.8. The highest BCUT2D eigenvalue weighted by Gasteiger charge is 2.59. The van der Waals surface area contributed by atoms with E-state index in [4.69, 9.17) is 14.8 Å². The zero-order chi connectivity index (χ0) is 25.4. The number of fused-ring (bicyclic) bond motifs is 5. The van der Waals surface area contributed by atoms with Crippen LogP contribution in [0.3, 0.4) is 0 Å². The summed E-state index contributed by atoms with van der Waals surface area (Å²) in [5.74, 6) is 4.93. The SMILES string of the molecule is CC(C)CCC[C@H](C)[C@@H]1CC[C@@H]2[C@@H]3CC=C4C[C@H](OP(=O)(O)OCCN)CC[C@@]4(C)[C@@H]3CC[C@]21C. The molecule has 9 atom stereocenters. The van der Waals surface area contributed by atoms with E-state index in [-0.39, 0.29) is 24.7 Å². The third-order valence-corrected chi connectivity index (χ3v) is 12.0. The van der Waals surface area contributed by atoms with Crippen molar-refractivity contribution in [3.05, 3.63) is 11.6 Å². The number of allylic oxidation sites excluding steroid dienone is 1. The fourth-order valence-corrected chi connectivity index (χ4v) is 10.1. The van der Waals surface area contributed by atoms with Crippen LogP contribution in [0.5, 0.6) is 0 Å². The number of phosphoric ester groups is 1. The molecule has 0 bridgehead atoms. The molecule has 35 heavy (non-hydrogen) atoms. The molecule has 4 rings (SSSR count). The van der Waals surface area contributed by atoms with Gasteiger partial charge in [-0.15, -0.1) is 0 Å². The van der Waals surface area contributed by atoms with Gasteiger partial charge in [0, 0.05) is 6.54 Å². The van der Waals surface area contributed by atoms with Crippen LogP contribution < -0.4 is 5.73 Å². The average molecular weight is 510 g/mol. The predicted molar refractivity (Wildman–Crippen MR) is 143 cm³/mol. The predicted octanol–water partition coefficient (Wildman–Crippen LogP) is 7.49. The highest BCUT2D eigenvalue weighted by atomic mass is 31.2. The molecule has 0 aromatic rings. The lowest BCUT2D eigenvalue weighted by Gasteiger charge is -2.58. The minimum atomic E-state index is -4.04. The summed E-state index contributed by atoms with van der Waals surface area (Å²) >= 11 is 0. The number of rotatable bonds is 10. The van der Waals surface area contributed by atoms with Crippen LogP contribution in [0.1, 0.15) is 105 Å². The van der Waals surface area contributed by atoms with Gasteiger partial charge in [0.05, 0.1) is 12.7 Å². The van der Waals surface area contributed by atoms with Crippen molar-refractivity contribution in [1.29, 1.82) is 0 Å². The zero-order valence-electron chi connectivity index (χ0n) is 23.0. The lowest BCUT2D eigenvalue weighted by Crippen LogP contribution is -2.51. The largest absolute Gasteiger partial charge is 0.472 e. The molecule has 0 aromatic heterocycles. The molecule has 0 amide bonds. The van der Waals surface area contributed by atoms with Crippen molar-refractivity contribution in [1.82, 2.24) is 0 Å². The maximum atomic E-state index is 12.3. The van der Waals surface area contributed by atoms with E-state index in [0.717, 1.165) is 54.8 Å². The van der Waals surface area contributed by atoms with Gasteiger partial charge in [0.2, 0.25) is 0 Å². The van der Waals surface area contributed by atoms with Crippen LogP contribution in [0.25, 0.3) is 0 Å². The quantitative estimate of drug-likeness (QED) is 0.235. The molecule has 0 spiro atoms. The van der Waals surface area contributed by atoms with Crippen molar-refractivity contribution in [2.24, 2.45) is 52.1 Å². The summed E-state index contributed by atoms with van der Waals surface area (Å²) in [5.41, 5.74) is 7.60. The van der Waals surface area contributed by atoms with E-state index in [9.17, 15) is 9.46 Å². The monoisotopic (exact) mass is 509 g/mol. The van der Waals surface area contributed by atoms with E-state index >= 15 is 0 Å². The van der Waals surface area contributed by atoms with Crippen molar-refractivity contribution in [3.63, 3.8) is 0 Å². The Hall–Kier alpha value is -0.190. The molecule has 0 aliphatic heterocycles. The summed E-state index contributed by atoms with van der Waals surface area (Å²) in [6, 6.07) is 0. The van der Waals surface area contributed by atoms with Crippen molar-refractivity contribution in [2.45, 2.75) is 111 Å². The Balaban J connectivity index is 1.43. The first-order valence-electron chi connectivity index (χ1n) is 14.6. The number of nitrogens with two attached hydrogens (primary N) is 1. The second-order valence-corrected chi connectivity index (χ2v) is 14.8. The second kappa shape index (κ2) is 10.9. The molecule has 0 heterocycles. The van der Waals surface area contributed by atoms with Crippen molar-refractivity contribution >= 4 is 7.82 Å². The fourth-order valence-electron chi connectivity index (χ4n) is 9.13. The van der Waals surface area contributed by atoms with E-state index in [1.54, 1.807) is 0 Å². The Morgan fingerprint density at radius 3 is 2.60 bits per heavy atom. The highest BCUT2D eigenvalue weighted by molar-refractivity contribution is 7.47. The molecule has 4 aliphatic carbocycles. The molecule has 202 valence electrons. The first-order chi connectivity index (χ1) is 16.5. The molecule has 4 aliphatic rings. The number of hydrogen-bond acceptors (Lipinski definition) is 4. The van der Waals surface area contributed by atoms with Crippen molar-refractivity contribution < 1.29 is 18.5 Å². The average Bonchev–Trinajstić information content (AvgIpc) is 3.15. The summed E-state index contributed by atoms with van der Waals surface area (Å²) in [5, 5.41) is 0. The van der Waals surface area contributed by atoms with Gasteiger partial charge in [-0.1, -0.05) is 65.5 Å². The van der Waals surface area contributed by atoms with Crippen LogP contribution in [-0.4, -0.2) is 24.1 Å². The Morgan fingerprint density at radius 2 is 1.89 bits per heavy atom. The molecule has 1 unspecified atom stereocenters. The molecule has 5 nitrogen and oxygen atoms in total. The zero-order valence-corrected chi connectivity index (χ0v) is 23.9. The van der Waals surface area contributed by atoms with Gasteiger partial charge < -0.3 is 10.6 Å².